The first kappa shape index (κ1) is 23.5. The van der Waals surface area contributed by atoms with Crippen LogP contribution < -0.4 is 9.64 Å². The third kappa shape index (κ3) is 5.36. The number of aromatic nitrogens is 3. The Bertz CT molecular complexity index is 1190. The summed E-state index contributed by atoms with van der Waals surface area (Å²) in [5.41, 5.74) is 2.89. The molecule has 0 atom stereocenters. The van der Waals surface area contributed by atoms with Crippen LogP contribution in [0.3, 0.4) is 0 Å². The van der Waals surface area contributed by atoms with Crippen molar-refractivity contribution in [3.05, 3.63) is 78.4 Å². The van der Waals surface area contributed by atoms with E-state index in [9.17, 15) is 4.79 Å². The first-order valence-corrected chi connectivity index (χ1v) is 10.9. The number of benzene rings is 2. The summed E-state index contributed by atoms with van der Waals surface area (Å²) in [7, 11) is 1.64. The molecular weight excluding hydrogens is 444 g/mol. The molecule has 0 saturated carbocycles. The molecule has 0 aliphatic rings. The predicted octanol–water partition coefficient (Wildman–Crippen LogP) is 5.37. The van der Waals surface area contributed by atoms with Gasteiger partial charge in [0, 0.05) is 31.6 Å². The molecule has 166 valence electrons. The number of rotatable bonds is 8. The quantitative estimate of drug-likeness (QED) is 0.326. The Morgan fingerprint density at radius 1 is 1.22 bits per heavy atom. The third-order valence-electron chi connectivity index (χ3n) is 4.98. The zero-order chi connectivity index (χ0) is 21.6. The van der Waals surface area contributed by atoms with Gasteiger partial charge in [0.15, 0.2) is 5.13 Å². The van der Waals surface area contributed by atoms with Crippen molar-refractivity contribution in [3.63, 3.8) is 0 Å². The Kier molecular flexibility index (Phi) is 8.03. The lowest BCUT2D eigenvalue weighted by molar-refractivity contribution is -0.114. The van der Waals surface area contributed by atoms with Gasteiger partial charge in [-0.05, 0) is 36.6 Å². The fourth-order valence-corrected chi connectivity index (χ4v) is 4.41. The number of hydrogen-bond acceptors (Lipinski definition) is 5. The third-order valence-corrected chi connectivity index (χ3v) is 6.20. The number of fused-ring (bicyclic) bond motifs is 1. The Morgan fingerprint density at radius 3 is 2.75 bits per heavy atom. The van der Waals surface area contributed by atoms with Crippen molar-refractivity contribution in [3.8, 4) is 5.75 Å². The monoisotopic (exact) mass is 468 g/mol. The number of halogens is 1. The number of ether oxygens (including phenoxy) is 1. The van der Waals surface area contributed by atoms with Crippen LogP contribution in [0, 0.1) is 6.92 Å². The van der Waals surface area contributed by atoms with Gasteiger partial charge in [-0.3, -0.25) is 9.69 Å². The number of anilines is 1. The molecule has 0 unspecified atom stereocenters. The van der Waals surface area contributed by atoms with Crippen molar-refractivity contribution in [2.45, 2.75) is 19.9 Å². The summed E-state index contributed by atoms with van der Waals surface area (Å²) >= 11 is 1.52. The Balaban J connectivity index is 0.00000289. The van der Waals surface area contributed by atoms with Crippen LogP contribution in [0.15, 0.2) is 67.3 Å². The molecule has 2 aromatic carbocycles. The lowest BCUT2D eigenvalue weighted by Gasteiger charge is -2.18. The molecule has 0 radical (unpaired) electrons. The summed E-state index contributed by atoms with van der Waals surface area (Å²) in [4.78, 5) is 23.8. The molecule has 0 aliphatic carbocycles. The lowest BCUT2D eigenvalue weighted by Crippen LogP contribution is -2.30. The highest BCUT2D eigenvalue weighted by atomic mass is 35.5. The van der Waals surface area contributed by atoms with Crippen molar-refractivity contribution in [1.82, 2.24) is 14.5 Å². The Labute approximate surface area is 197 Å². The largest absolute Gasteiger partial charge is 0.494 e. The highest BCUT2D eigenvalue weighted by molar-refractivity contribution is 7.22. The van der Waals surface area contributed by atoms with Crippen molar-refractivity contribution in [1.29, 1.82) is 0 Å². The van der Waals surface area contributed by atoms with E-state index >= 15 is 0 Å². The molecule has 8 heteroatoms. The van der Waals surface area contributed by atoms with Crippen LogP contribution in [0.2, 0.25) is 0 Å². The summed E-state index contributed by atoms with van der Waals surface area (Å²) in [6.45, 7) is 3.38. The maximum absolute atomic E-state index is 13.2. The molecule has 0 aliphatic heterocycles. The average Bonchev–Trinajstić information content (AvgIpc) is 3.47. The van der Waals surface area contributed by atoms with Crippen molar-refractivity contribution in [2.75, 3.05) is 18.6 Å². The highest BCUT2D eigenvalue weighted by Crippen LogP contribution is 2.36. The number of carbonyl (C=O) groups is 1. The van der Waals surface area contributed by atoms with Crippen LogP contribution in [0.1, 0.15) is 17.5 Å². The normalized spacial score (nSPS) is 10.9. The highest BCUT2D eigenvalue weighted by Gasteiger charge is 2.20. The maximum atomic E-state index is 13.2. The maximum Gasteiger partial charge on any atom is 0.252 e. The molecule has 2 heterocycles. The molecule has 0 fully saturated rings. The van der Waals surface area contributed by atoms with Gasteiger partial charge in [-0.1, -0.05) is 47.7 Å². The number of amides is 1. The van der Waals surface area contributed by atoms with Gasteiger partial charge < -0.3 is 9.30 Å². The molecule has 0 bridgehead atoms. The summed E-state index contributed by atoms with van der Waals surface area (Å²) in [6.07, 6.45) is 9.70. The summed E-state index contributed by atoms with van der Waals surface area (Å²) in [5.74, 6) is 0.624. The molecule has 0 saturated heterocycles. The zero-order valence-electron chi connectivity index (χ0n) is 18.0. The predicted molar refractivity (Wildman–Crippen MR) is 133 cm³/mol. The number of imidazole rings is 1. The molecule has 4 aromatic rings. The van der Waals surface area contributed by atoms with E-state index in [1.807, 2.05) is 66.2 Å². The molecule has 0 spiro atoms. The van der Waals surface area contributed by atoms with E-state index in [1.165, 1.54) is 11.3 Å². The van der Waals surface area contributed by atoms with Gasteiger partial charge in [0.1, 0.15) is 11.3 Å². The van der Waals surface area contributed by atoms with Crippen molar-refractivity contribution < 1.29 is 9.53 Å². The van der Waals surface area contributed by atoms with Gasteiger partial charge in [-0.2, -0.15) is 0 Å². The SMILES string of the molecule is COc1ccc(C)c2sc(N(CCCn3ccnc3)C(=O)/C=C/c3ccccc3)nc12.Cl. The minimum absolute atomic E-state index is 0. The second-order valence-corrected chi connectivity index (χ2v) is 8.12. The van der Waals surface area contributed by atoms with Crippen LogP contribution >= 0.6 is 23.7 Å². The minimum atomic E-state index is -0.0924. The van der Waals surface area contributed by atoms with E-state index in [-0.39, 0.29) is 18.3 Å². The summed E-state index contributed by atoms with van der Waals surface area (Å²) in [5, 5.41) is 0.677. The Morgan fingerprint density at radius 2 is 2.03 bits per heavy atom. The minimum Gasteiger partial charge on any atom is -0.494 e. The number of aryl methyl sites for hydroxylation is 2. The molecule has 1 amide bonds. The topological polar surface area (TPSA) is 60.2 Å². The molecule has 32 heavy (non-hydrogen) atoms. The smallest absolute Gasteiger partial charge is 0.252 e. The first-order chi connectivity index (χ1) is 15.2. The number of hydrogen-bond donors (Lipinski definition) is 0. The molecule has 4 rings (SSSR count). The van der Waals surface area contributed by atoms with Gasteiger partial charge >= 0.3 is 0 Å². The zero-order valence-corrected chi connectivity index (χ0v) is 19.6. The van der Waals surface area contributed by atoms with Gasteiger partial charge in [0.05, 0.1) is 18.1 Å². The summed E-state index contributed by atoms with van der Waals surface area (Å²) < 4.78 is 8.53. The molecule has 6 nitrogen and oxygen atoms in total. The Hall–Kier alpha value is -3.16. The van der Waals surface area contributed by atoms with E-state index in [0.29, 0.717) is 17.4 Å². The molecular formula is C24H25ClN4O2S. The lowest BCUT2D eigenvalue weighted by atomic mass is 10.2. The molecule has 2 aromatic heterocycles. The number of thiazole rings is 1. The van der Waals surface area contributed by atoms with Gasteiger partial charge in [0.2, 0.25) is 0 Å². The van der Waals surface area contributed by atoms with E-state index in [0.717, 1.165) is 34.3 Å². The number of carbonyl (C=O) groups excluding carboxylic acids is 1. The number of nitrogens with zero attached hydrogens (tertiary/aromatic N) is 4. The standard InChI is InChI=1S/C24H24N4O2S.ClH/c1-18-9-11-20(30-2)22-23(18)31-24(26-22)28(15-6-14-27-16-13-25-17-27)21(29)12-10-19-7-4-3-5-8-19;/h3-5,7-13,16-17H,6,14-15H2,1-2H3;1H/b12-10+;. The van der Waals surface area contributed by atoms with Gasteiger partial charge in [-0.25, -0.2) is 9.97 Å². The van der Waals surface area contributed by atoms with E-state index in [1.54, 1.807) is 30.6 Å². The second-order valence-electron chi connectivity index (χ2n) is 7.15. The van der Waals surface area contributed by atoms with Gasteiger partial charge in [0.25, 0.3) is 5.91 Å². The van der Waals surface area contributed by atoms with Crippen molar-refractivity contribution in [2.24, 2.45) is 0 Å². The van der Waals surface area contributed by atoms with E-state index in [2.05, 4.69) is 4.98 Å². The fourth-order valence-electron chi connectivity index (χ4n) is 3.33. The first-order valence-electron chi connectivity index (χ1n) is 10.1. The van der Waals surface area contributed by atoms with Crippen LogP contribution in [0.25, 0.3) is 16.3 Å². The van der Waals surface area contributed by atoms with Crippen LogP contribution in [0.5, 0.6) is 5.75 Å². The van der Waals surface area contributed by atoms with Gasteiger partial charge in [-0.15, -0.1) is 12.4 Å². The molecule has 0 N–H and O–H groups in total. The van der Waals surface area contributed by atoms with Crippen LogP contribution in [-0.2, 0) is 11.3 Å². The fraction of sp³-hybridized carbons (Fsp3) is 0.208. The number of methoxy groups -OCH3 is 1. The second kappa shape index (κ2) is 10.9. The van der Waals surface area contributed by atoms with E-state index in [4.69, 9.17) is 9.72 Å². The van der Waals surface area contributed by atoms with Crippen molar-refractivity contribution >= 4 is 51.1 Å². The van der Waals surface area contributed by atoms with E-state index < -0.39 is 0 Å². The van der Waals surface area contributed by atoms with Crippen LogP contribution in [-0.4, -0.2) is 34.1 Å². The van der Waals surface area contributed by atoms with Crippen LogP contribution in [0.4, 0.5) is 5.13 Å². The summed E-state index contributed by atoms with van der Waals surface area (Å²) in [6, 6.07) is 13.7. The average molecular weight is 469 g/mol.